The van der Waals surface area contributed by atoms with Crippen LogP contribution in [0, 0.1) is 24.0 Å². The van der Waals surface area contributed by atoms with Crippen LogP contribution < -0.4 is 5.32 Å². The van der Waals surface area contributed by atoms with Gasteiger partial charge in [-0.1, -0.05) is 0 Å². The zero-order valence-corrected chi connectivity index (χ0v) is 11.0. The van der Waals surface area contributed by atoms with Crippen LogP contribution in [-0.4, -0.2) is 16.2 Å². The highest BCUT2D eigenvalue weighted by Gasteiger charge is 2.15. The summed E-state index contributed by atoms with van der Waals surface area (Å²) in [5.74, 6) is 1.17. The Balaban J connectivity index is 2.20. The molecule has 2 rings (SSSR count). The molecule has 0 aliphatic carbocycles. The average Bonchev–Trinajstić information content (AvgIpc) is 2.75. The summed E-state index contributed by atoms with van der Waals surface area (Å²) >= 11 is 0. The molecule has 104 valence electrons. The maximum atomic E-state index is 11.0. The van der Waals surface area contributed by atoms with E-state index in [1.165, 1.54) is 18.2 Å². The highest BCUT2D eigenvalue weighted by Crippen LogP contribution is 2.25. The summed E-state index contributed by atoms with van der Waals surface area (Å²) < 4.78 is 5.38. The largest absolute Gasteiger partial charge is 0.444 e. The molecule has 2 aromatic rings. The summed E-state index contributed by atoms with van der Waals surface area (Å²) in [5.41, 5.74) is 1.20. The second-order valence-corrected chi connectivity index (χ2v) is 4.25. The molecule has 0 aliphatic rings. The van der Waals surface area contributed by atoms with Gasteiger partial charge in [-0.25, -0.2) is 4.98 Å². The third-order valence-corrected chi connectivity index (χ3v) is 2.86. The quantitative estimate of drug-likeness (QED) is 0.511. The number of carbonyl (C=O) groups is 1. The van der Waals surface area contributed by atoms with Crippen molar-refractivity contribution in [2.75, 3.05) is 5.32 Å². The van der Waals surface area contributed by atoms with E-state index in [9.17, 15) is 14.9 Å². The first-order valence-electron chi connectivity index (χ1n) is 5.91. The minimum atomic E-state index is -0.540. The molecule has 1 aromatic heterocycles. The number of benzene rings is 1. The highest BCUT2D eigenvalue weighted by molar-refractivity contribution is 5.79. The van der Waals surface area contributed by atoms with Gasteiger partial charge in [-0.15, -0.1) is 0 Å². The Bertz CT molecular complexity index is 644. The molecule has 0 fully saturated rings. The zero-order chi connectivity index (χ0) is 14.7. The summed E-state index contributed by atoms with van der Waals surface area (Å²) in [7, 11) is 0. The predicted octanol–water partition coefficient (Wildman–Crippen LogP) is 2.62. The number of aldehydes is 1. The molecule has 0 unspecified atom stereocenters. The van der Waals surface area contributed by atoms with Gasteiger partial charge in [0.15, 0.2) is 0 Å². The fraction of sp³-hybridized carbons (Fsp3) is 0.231. The number of aryl methyl sites for hydroxylation is 2. The first kappa shape index (κ1) is 13.7. The molecule has 1 heterocycles. The van der Waals surface area contributed by atoms with Gasteiger partial charge in [0, 0.05) is 11.6 Å². The number of nitro benzene ring substituents is 1. The molecule has 0 bridgehead atoms. The Morgan fingerprint density at radius 3 is 2.75 bits per heavy atom. The summed E-state index contributed by atoms with van der Waals surface area (Å²) in [4.78, 5) is 25.3. The van der Waals surface area contributed by atoms with E-state index in [-0.39, 0.29) is 17.8 Å². The van der Waals surface area contributed by atoms with E-state index in [0.29, 0.717) is 23.6 Å². The maximum absolute atomic E-state index is 11.0. The Morgan fingerprint density at radius 1 is 1.45 bits per heavy atom. The van der Waals surface area contributed by atoms with Gasteiger partial charge in [-0.3, -0.25) is 14.9 Å². The van der Waals surface area contributed by atoms with E-state index in [2.05, 4.69) is 10.3 Å². The number of anilines is 1. The van der Waals surface area contributed by atoms with Crippen LogP contribution in [0.15, 0.2) is 22.6 Å². The lowest BCUT2D eigenvalue weighted by Crippen LogP contribution is -2.03. The predicted molar refractivity (Wildman–Crippen MR) is 71.8 cm³/mol. The monoisotopic (exact) mass is 275 g/mol. The molecule has 20 heavy (non-hydrogen) atoms. The van der Waals surface area contributed by atoms with Crippen LogP contribution in [0.3, 0.4) is 0 Å². The van der Waals surface area contributed by atoms with Gasteiger partial charge >= 0.3 is 0 Å². The number of nitrogens with one attached hydrogen (secondary N) is 1. The van der Waals surface area contributed by atoms with E-state index in [1.54, 1.807) is 6.92 Å². The minimum Gasteiger partial charge on any atom is -0.444 e. The van der Waals surface area contributed by atoms with Crippen LogP contribution in [0.4, 0.5) is 11.4 Å². The summed E-state index contributed by atoms with van der Waals surface area (Å²) in [6.45, 7) is 3.85. The van der Waals surface area contributed by atoms with E-state index >= 15 is 0 Å². The van der Waals surface area contributed by atoms with Gasteiger partial charge < -0.3 is 9.73 Å². The van der Waals surface area contributed by atoms with Crippen LogP contribution in [0.5, 0.6) is 0 Å². The van der Waals surface area contributed by atoms with Gasteiger partial charge in [0.1, 0.15) is 17.7 Å². The SMILES string of the molecule is Cc1nc(CNc2ccc(C=O)cc2[N+](=O)[O-])oc1C. The molecule has 0 amide bonds. The number of aromatic nitrogens is 1. The zero-order valence-electron chi connectivity index (χ0n) is 11.0. The highest BCUT2D eigenvalue weighted by atomic mass is 16.6. The first-order chi connectivity index (χ1) is 9.51. The van der Waals surface area contributed by atoms with E-state index in [4.69, 9.17) is 4.42 Å². The number of rotatable bonds is 5. The summed E-state index contributed by atoms with van der Waals surface area (Å²) in [5, 5.41) is 13.9. The summed E-state index contributed by atoms with van der Waals surface area (Å²) in [6, 6.07) is 4.22. The van der Waals surface area contributed by atoms with Crippen LogP contribution in [0.25, 0.3) is 0 Å². The molecular weight excluding hydrogens is 262 g/mol. The maximum Gasteiger partial charge on any atom is 0.293 e. The van der Waals surface area contributed by atoms with Gasteiger partial charge in [-0.2, -0.15) is 0 Å². The van der Waals surface area contributed by atoms with E-state index in [1.807, 2.05) is 6.92 Å². The molecule has 0 saturated heterocycles. The second kappa shape index (κ2) is 5.52. The number of oxazole rings is 1. The van der Waals surface area contributed by atoms with E-state index < -0.39 is 4.92 Å². The Morgan fingerprint density at radius 2 is 2.20 bits per heavy atom. The van der Waals surface area contributed by atoms with Gasteiger partial charge in [0.2, 0.25) is 5.89 Å². The number of carbonyl (C=O) groups excluding carboxylic acids is 1. The van der Waals surface area contributed by atoms with Crippen molar-refractivity contribution in [1.29, 1.82) is 0 Å². The molecule has 0 spiro atoms. The van der Waals surface area contributed by atoms with Crippen molar-refractivity contribution in [3.63, 3.8) is 0 Å². The molecule has 0 atom stereocenters. The number of nitrogens with zero attached hydrogens (tertiary/aromatic N) is 2. The lowest BCUT2D eigenvalue weighted by molar-refractivity contribution is -0.384. The number of hydrogen-bond donors (Lipinski definition) is 1. The molecule has 7 nitrogen and oxygen atoms in total. The molecule has 0 aliphatic heterocycles. The van der Waals surface area contributed by atoms with Crippen LogP contribution in [0.2, 0.25) is 0 Å². The third-order valence-electron chi connectivity index (χ3n) is 2.86. The van der Waals surface area contributed by atoms with Crippen molar-refractivity contribution < 1.29 is 14.1 Å². The lowest BCUT2D eigenvalue weighted by Gasteiger charge is -2.05. The normalized spacial score (nSPS) is 10.3. The average molecular weight is 275 g/mol. The molecule has 0 saturated carbocycles. The third kappa shape index (κ3) is 2.82. The molecule has 7 heteroatoms. The Kier molecular flexibility index (Phi) is 3.79. The van der Waals surface area contributed by atoms with Crippen molar-refractivity contribution in [2.45, 2.75) is 20.4 Å². The fourth-order valence-electron chi connectivity index (χ4n) is 1.71. The van der Waals surface area contributed by atoms with Crippen LogP contribution >= 0.6 is 0 Å². The summed E-state index contributed by atoms with van der Waals surface area (Å²) in [6.07, 6.45) is 0.567. The lowest BCUT2D eigenvalue weighted by atomic mass is 10.2. The smallest absolute Gasteiger partial charge is 0.293 e. The Hall–Kier alpha value is -2.70. The standard InChI is InChI=1S/C13H13N3O4/c1-8-9(2)20-13(15-8)6-14-11-4-3-10(7-17)5-12(11)16(18)19/h3-5,7,14H,6H2,1-2H3. The van der Waals surface area contributed by atoms with Gasteiger partial charge in [0.05, 0.1) is 17.2 Å². The van der Waals surface area contributed by atoms with E-state index in [0.717, 1.165) is 5.69 Å². The topological polar surface area (TPSA) is 98.3 Å². The molecular formula is C13H13N3O4. The van der Waals surface area contributed by atoms with Crippen molar-refractivity contribution in [1.82, 2.24) is 4.98 Å². The molecule has 1 N–H and O–H groups in total. The Labute approximate surface area is 114 Å². The van der Waals surface area contributed by atoms with Crippen molar-refractivity contribution in [3.8, 4) is 0 Å². The van der Waals surface area contributed by atoms with Crippen molar-refractivity contribution in [2.24, 2.45) is 0 Å². The van der Waals surface area contributed by atoms with Crippen LogP contribution in [-0.2, 0) is 6.54 Å². The number of hydrogen-bond acceptors (Lipinski definition) is 6. The molecule has 0 radical (unpaired) electrons. The minimum absolute atomic E-state index is 0.158. The van der Waals surface area contributed by atoms with Gasteiger partial charge in [0.25, 0.3) is 5.69 Å². The van der Waals surface area contributed by atoms with Crippen molar-refractivity contribution >= 4 is 17.7 Å². The first-order valence-corrected chi connectivity index (χ1v) is 5.91. The fourth-order valence-corrected chi connectivity index (χ4v) is 1.71. The van der Waals surface area contributed by atoms with Crippen molar-refractivity contribution in [3.05, 3.63) is 51.2 Å². The second-order valence-electron chi connectivity index (χ2n) is 4.25. The molecule has 1 aromatic carbocycles. The number of nitro groups is 1. The van der Waals surface area contributed by atoms with Crippen LogP contribution in [0.1, 0.15) is 27.7 Å². The van der Waals surface area contributed by atoms with Gasteiger partial charge in [-0.05, 0) is 26.0 Å².